The van der Waals surface area contributed by atoms with Crippen LogP contribution in [-0.4, -0.2) is 38.0 Å². The van der Waals surface area contributed by atoms with Crippen LogP contribution in [0, 0.1) is 0 Å². The second-order valence-electron chi connectivity index (χ2n) is 7.62. The van der Waals surface area contributed by atoms with Gasteiger partial charge >= 0.3 is 132 Å². The fraction of sp³-hybridized carbons (Fsp3) is 0.571. The average Bonchev–Trinajstić information content (AvgIpc) is 3.14. The Kier molecular flexibility index (Phi) is 12.0. The van der Waals surface area contributed by atoms with Gasteiger partial charge in [-0.2, -0.15) is 0 Å². The molecule has 2 aliphatic carbocycles. The molecular weight excluding hydrogens is 577 g/mol. The molecule has 0 fully saturated rings. The van der Waals surface area contributed by atoms with Crippen LogP contribution in [0.15, 0.2) is 42.1 Å². The van der Waals surface area contributed by atoms with Gasteiger partial charge in [0, 0.05) is 12.2 Å². The van der Waals surface area contributed by atoms with Gasteiger partial charge in [0.1, 0.15) is 0 Å². The molecule has 0 saturated carbocycles. The summed E-state index contributed by atoms with van der Waals surface area (Å²) >= 11 is -2.96. The van der Waals surface area contributed by atoms with Crippen molar-refractivity contribution in [1.82, 2.24) is 0 Å². The standard InChI is InChI=1S/2C6H4F3.2C3H8O.C3H6.Hf/c2*7-6(8,9)5-3-1-2-4-5;2*1-3(2)4;1-3-2;/h2*3-4H,1H2;2*3-4H,1-2H3;1-2H3;. The van der Waals surface area contributed by atoms with Gasteiger partial charge in [-0.1, -0.05) is 0 Å². The first-order valence-electron chi connectivity index (χ1n) is 9.47. The van der Waals surface area contributed by atoms with Crippen molar-refractivity contribution in [2.45, 2.75) is 78.9 Å². The molecule has 0 spiro atoms. The Balaban J connectivity index is 0.000000901. The molecular formula is C21H30F6HfO2. The Morgan fingerprint density at radius 1 is 0.767 bits per heavy atom. The van der Waals surface area contributed by atoms with Crippen molar-refractivity contribution in [2.75, 3.05) is 0 Å². The van der Waals surface area contributed by atoms with E-state index < -0.39 is 44.5 Å². The van der Waals surface area contributed by atoms with Gasteiger partial charge in [-0.05, 0) is 27.7 Å². The van der Waals surface area contributed by atoms with Crippen LogP contribution < -0.4 is 0 Å². The molecule has 0 aromatic rings. The molecule has 2 rings (SSSR count). The molecule has 9 heteroatoms. The average molecular weight is 607 g/mol. The molecule has 0 bridgehead atoms. The molecule has 0 unspecified atom stereocenters. The van der Waals surface area contributed by atoms with Crippen molar-refractivity contribution >= 4 is 3.26 Å². The summed E-state index contributed by atoms with van der Waals surface area (Å²) in [4.78, 5) is 0. The summed E-state index contributed by atoms with van der Waals surface area (Å²) in [5, 5.41) is 16.1. The zero-order valence-electron chi connectivity index (χ0n) is 18.0. The van der Waals surface area contributed by atoms with Crippen LogP contribution in [0.4, 0.5) is 26.3 Å². The normalized spacial score (nSPS) is 16.1. The third kappa shape index (κ3) is 11.0. The molecule has 0 atom stereocenters. The Hall–Kier alpha value is -0.800. The molecule has 0 aromatic heterocycles. The molecule has 0 heterocycles. The van der Waals surface area contributed by atoms with Crippen LogP contribution in [0.5, 0.6) is 0 Å². The molecule has 0 radical (unpaired) electrons. The van der Waals surface area contributed by atoms with Crippen LogP contribution in [0.25, 0.3) is 0 Å². The van der Waals surface area contributed by atoms with Crippen LogP contribution in [0.1, 0.15) is 54.4 Å². The Morgan fingerprint density at radius 3 is 1.20 bits per heavy atom. The second-order valence-corrected chi connectivity index (χ2v) is 18.5. The third-order valence-electron chi connectivity index (χ3n) is 3.54. The molecule has 0 amide bonds. The van der Waals surface area contributed by atoms with E-state index in [4.69, 9.17) is 10.2 Å². The minimum atomic E-state index is -4.39. The summed E-state index contributed by atoms with van der Waals surface area (Å²) in [5.74, 6) is 0. The predicted molar refractivity (Wildman–Crippen MR) is 105 cm³/mol. The van der Waals surface area contributed by atoms with E-state index in [1.165, 1.54) is 0 Å². The van der Waals surface area contributed by atoms with Crippen molar-refractivity contribution in [1.29, 1.82) is 0 Å². The van der Waals surface area contributed by atoms with E-state index in [9.17, 15) is 26.3 Å². The molecule has 2 nitrogen and oxygen atoms in total. The number of hydrogen-bond acceptors (Lipinski definition) is 2. The van der Waals surface area contributed by atoms with E-state index in [-0.39, 0.29) is 25.0 Å². The number of alkyl halides is 6. The van der Waals surface area contributed by atoms with Gasteiger partial charge in [0.25, 0.3) is 0 Å². The van der Waals surface area contributed by atoms with Gasteiger partial charge in [-0.15, -0.1) is 0 Å². The summed E-state index contributed by atoms with van der Waals surface area (Å²) in [6.07, 6.45) is -4.11. The molecule has 0 aliphatic heterocycles. The molecule has 2 aliphatic rings. The summed E-state index contributed by atoms with van der Waals surface area (Å²) < 4.78 is 78.8. The third-order valence-corrected chi connectivity index (χ3v) is 14.3. The number of halogens is 6. The number of hydrogen-bond donors (Lipinski definition) is 2. The second kappa shape index (κ2) is 12.3. The van der Waals surface area contributed by atoms with Crippen molar-refractivity contribution in [3.63, 3.8) is 0 Å². The van der Waals surface area contributed by atoms with Crippen LogP contribution >= 0.6 is 0 Å². The molecule has 172 valence electrons. The topological polar surface area (TPSA) is 40.5 Å². The quantitative estimate of drug-likeness (QED) is 0.293. The van der Waals surface area contributed by atoms with E-state index in [0.29, 0.717) is 6.66 Å². The molecule has 0 aromatic carbocycles. The van der Waals surface area contributed by atoms with Gasteiger partial charge < -0.3 is 10.2 Å². The predicted octanol–water partition coefficient (Wildman–Crippen LogP) is 6.14. The maximum absolute atomic E-state index is 12.7. The Morgan fingerprint density at radius 2 is 1.03 bits per heavy atom. The zero-order valence-corrected chi connectivity index (χ0v) is 21.6. The first-order chi connectivity index (χ1) is 13.5. The summed E-state index contributed by atoms with van der Waals surface area (Å²) in [6, 6.07) is 0. The summed E-state index contributed by atoms with van der Waals surface area (Å²) in [7, 11) is 0. The number of aliphatic hydroxyl groups is 2. The summed E-state index contributed by atoms with van der Waals surface area (Å²) in [6.45, 7) is 10.5. The first-order valence-corrected chi connectivity index (χ1v) is 14.9. The molecule has 0 saturated heterocycles. The number of rotatable bonds is 2. The van der Waals surface area contributed by atoms with E-state index in [1.54, 1.807) is 27.7 Å². The van der Waals surface area contributed by atoms with Gasteiger partial charge in [0.05, 0.1) is 0 Å². The SMILES string of the molecule is CC(C)O.CC(C)O.C[C](C)=[Hf]([C]1=CC(C(F)(F)F)=CC1)[C]1=CC(C(F)(F)F)=CC1. The van der Waals surface area contributed by atoms with Crippen molar-refractivity contribution in [3.8, 4) is 0 Å². The zero-order chi connectivity index (χ0) is 23.9. The van der Waals surface area contributed by atoms with Gasteiger partial charge in [-0.25, -0.2) is 0 Å². The fourth-order valence-electron chi connectivity index (χ4n) is 2.64. The number of aliphatic hydroxyl groups excluding tert-OH is 2. The minimum absolute atomic E-state index is 0.167. The monoisotopic (exact) mass is 608 g/mol. The molecule has 30 heavy (non-hydrogen) atoms. The van der Waals surface area contributed by atoms with Crippen molar-refractivity contribution in [3.05, 3.63) is 42.1 Å². The van der Waals surface area contributed by atoms with Gasteiger partial charge in [-0.3, -0.25) is 0 Å². The van der Waals surface area contributed by atoms with E-state index >= 15 is 0 Å². The van der Waals surface area contributed by atoms with Gasteiger partial charge in [0.2, 0.25) is 0 Å². The molecule has 2 N–H and O–H groups in total. The maximum atomic E-state index is 12.7. The van der Waals surface area contributed by atoms with Crippen molar-refractivity contribution in [2.24, 2.45) is 0 Å². The van der Waals surface area contributed by atoms with E-state index in [0.717, 1.165) is 27.6 Å². The van der Waals surface area contributed by atoms with Gasteiger partial charge in [0.15, 0.2) is 0 Å². The first kappa shape index (κ1) is 29.2. The number of allylic oxidation sites excluding steroid dienone is 8. The summed E-state index contributed by atoms with van der Waals surface area (Å²) in [5.41, 5.74) is -1.34. The Labute approximate surface area is 181 Å². The van der Waals surface area contributed by atoms with Crippen LogP contribution in [0.2, 0.25) is 0 Å². The van der Waals surface area contributed by atoms with Crippen LogP contribution in [0.3, 0.4) is 0 Å². The Bertz CT molecular complexity index is 670. The van der Waals surface area contributed by atoms with Crippen molar-refractivity contribution < 1.29 is 57.5 Å². The van der Waals surface area contributed by atoms with E-state index in [1.807, 2.05) is 13.8 Å². The van der Waals surface area contributed by atoms with E-state index in [2.05, 4.69) is 0 Å². The van der Waals surface area contributed by atoms with Crippen LogP contribution in [-0.2, 0) is 21.0 Å². The fourth-order valence-corrected chi connectivity index (χ4v) is 13.1.